The van der Waals surface area contributed by atoms with Crippen molar-refractivity contribution in [2.75, 3.05) is 0 Å². The van der Waals surface area contributed by atoms with Crippen molar-refractivity contribution in [1.82, 2.24) is 0 Å². The van der Waals surface area contributed by atoms with E-state index in [1.165, 1.54) is 49.3 Å². The molecule has 0 bridgehead atoms. The van der Waals surface area contributed by atoms with Gasteiger partial charge in [0.15, 0.2) is 0 Å². The Bertz CT molecular complexity index is 656. The Balaban J connectivity index is 2.67. The monoisotopic (exact) mass is 358 g/mol. The van der Waals surface area contributed by atoms with Gasteiger partial charge in [0.05, 0.1) is 0 Å². The molecule has 0 saturated carbocycles. The van der Waals surface area contributed by atoms with E-state index in [1.54, 1.807) is 0 Å². The van der Waals surface area contributed by atoms with Crippen LogP contribution in [0.2, 0.25) is 0 Å². The molecule has 0 spiro atoms. The lowest BCUT2D eigenvalue weighted by Crippen LogP contribution is -2.45. The Labute approximate surface area is 160 Å². The molecule has 0 saturated heterocycles. The molecule has 0 heterocycles. The molecule has 0 amide bonds. The third-order valence-corrected chi connectivity index (χ3v) is 6.84. The zero-order chi connectivity index (χ0) is 19.7. The molecule has 0 N–H and O–H groups in total. The lowest BCUT2D eigenvalue weighted by atomic mass is 9.53. The zero-order valence-corrected chi connectivity index (χ0v) is 18.2. The summed E-state index contributed by atoms with van der Waals surface area (Å²) in [5.74, 6) is 1.55. The van der Waals surface area contributed by atoms with Gasteiger partial charge >= 0.3 is 5.97 Å². The Kier molecular flexibility index (Phi) is 6.25. The van der Waals surface area contributed by atoms with Crippen molar-refractivity contribution in [3.63, 3.8) is 0 Å². The first-order chi connectivity index (χ1) is 12.1. The molecule has 2 heteroatoms. The van der Waals surface area contributed by atoms with E-state index in [4.69, 9.17) is 4.74 Å². The number of hydrogen-bond donors (Lipinski definition) is 0. The van der Waals surface area contributed by atoms with Gasteiger partial charge < -0.3 is 4.74 Å². The predicted octanol–water partition coefficient (Wildman–Crippen LogP) is 6.79. The molecule has 0 aromatic heterocycles. The summed E-state index contributed by atoms with van der Waals surface area (Å²) in [7, 11) is 0. The largest absolute Gasteiger partial charge is 0.426 e. The molecule has 1 unspecified atom stereocenters. The summed E-state index contributed by atoms with van der Waals surface area (Å²) >= 11 is 0. The number of hydrogen-bond acceptors (Lipinski definition) is 2. The highest BCUT2D eigenvalue weighted by atomic mass is 16.5. The van der Waals surface area contributed by atoms with Gasteiger partial charge in [-0.1, -0.05) is 67.4 Å². The predicted molar refractivity (Wildman–Crippen MR) is 110 cm³/mol. The van der Waals surface area contributed by atoms with Crippen LogP contribution in [-0.2, 0) is 16.6 Å². The molecule has 26 heavy (non-hydrogen) atoms. The van der Waals surface area contributed by atoms with Crippen LogP contribution >= 0.6 is 0 Å². The van der Waals surface area contributed by atoms with Crippen molar-refractivity contribution in [2.45, 2.75) is 98.8 Å². The average molecular weight is 359 g/mol. The second kappa shape index (κ2) is 7.74. The van der Waals surface area contributed by atoms with Gasteiger partial charge in [-0.2, -0.15) is 0 Å². The van der Waals surface area contributed by atoms with Crippen LogP contribution in [0.15, 0.2) is 12.1 Å². The second-order valence-electron chi connectivity index (χ2n) is 9.35. The minimum absolute atomic E-state index is 0.181. The van der Waals surface area contributed by atoms with E-state index in [1.807, 2.05) is 6.07 Å². The molecule has 0 fully saturated rings. The van der Waals surface area contributed by atoms with Gasteiger partial charge in [0, 0.05) is 12.5 Å². The van der Waals surface area contributed by atoms with Crippen molar-refractivity contribution < 1.29 is 9.53 Å². The standard InChI is InChI=1S/C24H38O2/c1-9-15-24(8)19-12-13-20(26-17(5)25)22(16(3)4)18(19)11-14-21(24)23(6,7)10-2/h12-13,16,21H,9-11,14-15H2,1-8H3/t21?,24-/m0/s1. The molecular weight excluding hydrogens is 320 g/mol. The van der Waals surface area contributed by atoms with Crippen LogP contribution in [0.1, 0.15) is 104 Å². The fourth-order valence-corrected chi connectivity index (χ4v) is 5.45. The molecule has 146 valence electrons. The SMILES string of the molecule is CCC[C@@]1(C)c2ccc(OC(C)=O)c(C(C)C)c2CCC1C(C)(C)CC. The minimum Gasteiger partial charge on any atom is -0.426 e. The van der Waals surface area contributed by atoms with Crippen LogP contribution < -0.4 is 4.74 Å². The van der Waals surface area contributed by atoms with Gasteiger partial charge in [-0.3, -0.25) is 4.79 Å². The molecule has 2 rings (SSSR count). The second-order valence-corrected chi connectivity index (χ2v) is 9.35. The smallest absolute Gasteiger partial charge is 0.308 e. The lowest BCUT2D eigenvalue weighted by molar-refractivity contribution is -0.131. The van der Waals surface area contributed by atoms with Crippen LogP contribution in [-0.4, -0.2) is 5.97 Å². The van der Waals surface area contributed by atoms with E-state index < -0.39 is 0 Å². The van der Waals surface area contributed by atoms with E-state index in [9.17, 15) is 4.79 Å². The van der Waals surface area contributed by atoms with Crippen molar-refractivity contribution in [1.29, 1.82) is 0 Å². The molecule has 0 aliphatic heterocycles. The highest BCUT2D eigenvalue weighted by Crippen LogP contribution is 2.54. The summed E-state index contributed by atoms with van der Waals surface area (Å²) in [6.45, 7) is 17.9. The fraction of sp³-hybridized carbons (Fsp3) is 0.708. The van der Waals surface area contributed by atoms with E-state index in [2.05, 4.69) is 54.5 Å². The van der Waals surface area contributed by atoms with Gasteiger partial charge in [0.1, 0.15) is 5.75 Å². The van der Waals surface area contributed by atoms with E-state index in [0.29, 0.717) is 17.3 Å². The normalized spacial score (nSPS) is 23.0. The average Bonchev–Trinajstić information content (AvgIpc) is 2.53. The summed E-state index contributed by atoms with van der Waals surface area (Å²) < 4.78 is 5.58. The Morgan fingerprint density at radius 3 is 2.46 bits per heavy atom. The third-order valence-electron chi connectivity index (χ3n) is 6.84. The molecule has 1 aromatic carbocycles. The maximum absolute atomic E-state index is 11.6. The van der Waals surface area contributed by atoms with E-state index in [0.717, 1.165) is 12.2 Å². The number of rotatable bonds is 6. The van der Waals surface area contributed by atoms with Crippen molar-refractivity contribution in [2.24, 2.45) is 11.3 Å². The number of carbonyl (C=O) groups is 1. The first-order valence-electron chi connectivity index (χ1n) is 10.4. The van der Waals surface area contributed by atoms with Gasteiger partial charge in [-0.05, 0) is 59.1 Å². The van der Waals surface area contributed by atoms with Gasteiger partial charge in [-0.15, -0.1) is 0 Å². The van der Waals surface area contributed by atoms with Crippen LogP contribution in [0.5, 0.6) is 5.75 Å². The third kappa shape index (κ3) is 3.70. The quantitative estimate of drug-likeness (QED) is 0.413. The summed E-state index contributed by atoms with van der Waals surface area (Å²) in [6.07, 6.45) is 5.90. The number of fused-ring (bicyclic) bond motifs is 1. The number of carbonyl (C=O) groups excluding carboxylic acids is 1. The molecule has 1 aromatic rings. The van der Waals surface area contributed by atoms with Crippen LogP contribution in [0.4, 0.5) is 0 Å². The lowest BCUT2D eigenvalue weighted by Gasteiger charge is -2.51. The Morgan fingerprint density at radius 2 is 1.96 bits per heavy atom. The summed E-state index contributed by atoms with van der Waals surface area (Å²) in [4.78, 5) is 11.6. The molecule has 1 aliphatic carbocycles. The molecule has 1 aliphatic rings. The van der Waals surface area contributed by atoms with E-state index in [-0.39, 0.29) is 11.4 Å². The molecular formula is C24H38O2. The van der Waals surface area contributed by atoms with Crippen molar-refractivity contribution in [3.05, 3.63) is 28.8 Å². The maximum atomic E-state index is 11.6. The highest BCUT2D eigenvalue weighted by molar-refractivity contribution is 5.70. The van der Waals surface area contributed by atoms with E-state index >= 15 is 0 Å². The van der Waals surface area contributed by atoms with Crippen molar-refractivity contribution in [3.8, 4) is 5.75 Å². The van der Waals surface area contributed by atoms with Crippen LogP contribution in [0.3, 0.4) is 0 Å². The Hall–Kier alpha value is -1.31. The first-order valence-corrected chi connectivity index (χ1v) is 10.4. The fourth-order valence-electron chi connectivity index (χ4n) is 5.45. The summed E-state index contributed by atoms with van der Waals surface area (Å²) in [5.41, 5.74) is 4.69. The molecule has 2 atom stereocenters. The summed E-state index contributed by atoms with van der Waals surface area (Å²) in [5, 5.41) is 0. The van der Waals surface area contributed by atoms with Crippen LogP contribution in [0, 0.1) is 11.3 Å². The minimum atomic E-state index is -0.232. The summed E-state index contributed by atoms with van der Waals surface area (Å²) in [6, 6.07) is 4.30. The zero-order valence-electron chi connectivity index (χ0n) is 18.2. The molecule has 2 nitrogen and oxygen atoms in total. The highest BCUT2D eigenvalue weighted by Gasteiger charge is 2.46. The van der Waals surface area contributed by atoms with Gasteiger partial charge in [0.25, 0.3) is 0 Å². The van der Waals surface area contributed by atoms with Gasteiger partial charge in [-0.25, -0.2) is 0 Å². The maximum Gasteiger partial charge on any atom is 0.308 e. The van der Waals surface area contributed by atoms with Crippen LogP contribution in [0.25, 0.3) is 0 Å². The first kappa shape index (κ1) is 21.0. The molecule has 0 radical (unpaired) electrons. The van der Waals surface area contributed by atoms with Gasteiger partial charge in [0.2, 0.25) is 0 Å². The topological polar surface area (TPSA) is 26.3 Å². The number of benzene rings is 1. The number of esters is 1. The Morgan fingerprint density at radius 1 is 1.31 bits per heavy atom. The van der Waals surface area contributed by atoms with Crippen molar-refractivity contribution >= 4 is 5.97 Å². The number of ether oxygens (including phenoxy) is 1.